The Morgan fingerprint density at radius 3 is 2.42 bits per heavy atom. The van der Waals surface area contributed by atoms with Crippen LogP contribution < -0.4 is 40.9 Å². The summed E-state index contributed by atoms with van der Waals surface area (Å²) in [6.07, 6.45) is 5.31. The van der Waals surface area contributed by atoms with Crippen molar-refractivity contribution in [3.8, 4) is 28.4 Å². The van der Waals surface area contributed by atoms with E-state index in [-0.39, 0.29) is 23.3 Å². The highest BCUT2D eigenvalue weighted by molar-refractivity contribution is 5.83. The minimum Gasteiger partial charge on any atom is -0.493 e. The van der Waals surface area contributed by atoms with Gasteiger partial charge in [0.15, 0.2) is 11.5 Å². The highest BCUT2D eigenvalue weighted by atomic mass is 16.5. The van der Waals surface area contributed by atoms with Crippen LogP contribution >= 0.6 is 0 Å². The summed E-state index contributed by atoms with van der Waals surface area (Å²) in [6, 6.07) is 8.42. The van der Waals surface area contributed by atoms with Gasteiger partial charge in [0.1, 0.15) is 0 Å². The zero-order valence-electron chi connectivity index (χ0n) is 24.9. The van der Waals surface area contributed by atoms with Crippen molar-refractivity contribution >= 4 is 23.5 Å². The number of ether oxygens (including phenoxy) is 3. The molecule has 12 nitrogen and oxygen atoms in total. The number of aryl methyl sites for hydroxylation is 1. The minimum atomic E-state index is -0.388. The van der Waals surface area contributed by atoms with Gasteiger partial charge in [-0.1, -0.05) is 6.07 Å². The van der Waals surface area contributed by atoms with Crippen molar-refractivity contribution < 1.29 is 23.8 Å². The van der Waals surface area contributed by atoms with Crippen LogP contribution in [0.2, 0.25) is 0 Å². The van der Waals surface area contributed by atoms with Crippen LogP contribution in [0, 0.1) is 0 Å². The molecule has 4 rings (SSSR count). The maximum absolute atomic E-state index is 13.4. The third kappa shape index (κ3) is 7.70. The quantitative estimate of drug-likeness (QED) is 0.219. The molecule has 43 heavy (non-hydrogen) atoms. The van der Waals surface area contributed by atoms with E-state index < -0.39 is 0 Å². The Balaban J connectivity index is 1.50. The summed E-state index contributed by atoms with van der Waals surface area (Å²) < 4.78 is 17.0. The van der Waals surface area contributed by atoms with E-state index in [0.29, 0.717) is 79.8 Å². The lowest BCUT2D eigenvalue weighted by Crippen LogP contribution is -2.29. The summed E-state index contributed by atoms with van der Waals surface area (Å²) >= 11 is 0. The van der Waals surface area contributed by atoms with E-state index in [1.807, 2.05) is 12.1 Å². The Labute approximate surface area is 250 Å². The number of methoxy groups -OCH3 is 3. The van der Waals surface area contributed by atoms with E-state index in [4.69, 9.17) is 14.2 Å². The van der Waals surface area contributed by atoms with Crippen molar-refractivity contribution in [2.45, 2.75) is 38.6 Å². The fourth-order valence-electron chi connectivity index (χ4n) is 5.18. The van der Waals surface area contributed by atoms with Gasteiger partial charge in [-0.3, -0.25) is 14.4 Å². The van der Waals surface area contributed by atoms with Gasteiger partial charge in [0, 0.05) is 50.9 Å². The molecule has 0 bridgehead atoms. The summed E-state index contributed by atoms with van der Waals surface area (Å²) in [4.78, 5) is 45.9. The molecular formula is C31H38N6O6. The Bertz CT molecular complexity index is 1500. The van der Waals surface area contributed by atoms with Crippen LogP contribution in [0.3, 0.4) is 0 Å². The molecule has 1 aliphatic carbocycles. The van der Waals surface area contributed by atoms with Gasteiger partial charge in [-0.25, -0.2) is 9.97 Å². The van der Waals surface area contributed by atoms with E-state index in [1.54, 1.807) is 51.9 Å². The predicted octanol–water partition coefficient (Wildman–Crippen LogP) is 3.07. The number of benzene rings is 1. The van der Waals surface area contributed by atoms with Crippen LogP contribution in [0.25, 0.3) is 11.1 Å². The molecule has 2 amide bonds. The highest BCUT2D eigenvalue weighted by Gasteiger charge is 2.29. The Kier molecular flexibility index (Phi) is 10.7. The number of anilines is 2. The minimum absolute atomic E-state index is 0.0866. The van der Waals surface area contributed by atoms with Gasteiger partial charge in [0.25, 0.3) is 0 Å². The number of hydrogen-bond acceptors (Lipinski definition) is 10. The lowest BCUT2D eigenvalue weighted by molar-refractivity contribution is -0.121. The summed E-state index contributed by atoms with van der Waals surface area (Å²) in [5.74, 6) is 1.71. The van der Waals surface area contributed by atoms with Crippen LogP contribution in [-0.4, -0.2) is 62.7 Å². The molecule has 1 aliphatic rings. The molecule has 3 aromatic rings. The van der Waals surface area contributed by atoms with Crippen LogP contribution in [0.1, 0.15) is 43.4 Å². The van der Waals surface area contributed by atoms with E-state index >= 15 is 0 Å². The van der Waals surface area contributed by atoms with Gasteiger partial charge in [-0.2, -0.15) is 0 Å². The molecule has 2 aromatic carbocycles. The fraction of sp³-hybridized carbons (Fsp3) is 0.387. The molecule has 0 saturated carbocycles. The molecule has 12 heteroatoms. The highest BCUT2D eigenvalue weighted by Crippen LogP contribution is 2.50. The van der Waals surface area contributed by atoms with Crippen molar-refractivity contribution in [3.05, 3.63) is 64.1 Å². The zero-order valence-corrected chi connectivity index (χ0v) is 24.9. The Hall–Kier alpha value is -4.87. The summed E-state index contributed by atoms with van der Waals surface area (Å²) in [5, 5.41) is 12.1. The second kappa shape index (κ2) is 14.9. The molecule has 1 unspecified atom stereocenters. The molecule has 0 aliphatic heterocycles. The molecular weight excluding hydrogens is 552 g/mol. The third-order valence-electron chi connectivity index (χ3n) is 7.11. The average molecular weight is 591 g/mol. The van der Waals surface area contributed by atoms with Gasteiger partial charge in [0.05, 0.1) is 33.1 Å². The van der Waals surface area contributed by atoms with Crippen LogP contribution in [0.4, 0.5) is 11.6 Å². The molecule has 0 saturated heterocycles. The second-order valence-corrected chi connectivity index (χ2v) is 9.98. The van der Waals surface area contributed by atoms with Crippen LogP contribution in [-0.2, 0) is 16.0 Å². The first kappa shape index (κ1) is 31.1. The Morgan fingerprint density at radius 1 is 0.953 bits per heavy atom. The van der Waals surface area contributed by atoms with Crippen molar-refractivity contribution in [1.29, 1.82) is 0 Å². The first-order chi connectivity index (χ1) is 20.9. The van der Waals surface area contributed by atoms with E-state index in [1.165, 1.54) is 6.92 Å². The Morgan fingerprint density at radius 2 is 1.72 bits per heavy atom. The maximum atomic E-state index is 13.4. The molecule has 1 aromatic heterocycles. The van der Waals surface area contributed by atoms with Gasteiger partial charge in [-0.15, -0.1) is 0 Å². The molecule has 1 heterocycles. The monoisotopic (exact) mass is 590 g/mol. The summed E-state index contributed by atoms with van der Waals surface area (Å²) in [5.41, 5.74) is 3.35. The molecule has 0 radical (unpaired) electrons. The fourth-order valence-corrected chi connectivity index (χ4v) is 5.18. The topological polar surface area (TPSA) is 153 Å². The number of nitrogens with one attached hydrogen (secondary N) is 4. The van der Waals surface area contributed by atoms with E-state index in [2.05, 4.69) is 31.2 Å². The third-order valence-corrected chi connectivity index (χ3v) is 7.11. The first-order valence-electron chi connectivity index (χ1n) is 14.1. The number of nitrogens with zero attached hydrogens (tertiary/aromatic N) is 2. The summed E-state index contributed by atoms with van der Waals surface area (Å²) in [6.45, 7) is 2.83. The normalized spacial score (nSPS) is 13.4. The average Bonchev–Trinajstić information content (AvgIpc) is 3.25. The van der Waals surface area contributed by atoms with E-state index in [0.717, 1.165) is 16.7 Å². The van der Waals surface area contributed by atoms with Gasteiger partial charge < -0.3 is 35.5 Å². The zero-order chi connectivity index (χ0) is 30.8. The number of fused-ring (bicyclic) bond motifs is 3. The van der Waals surface area contributed by atoms with Gasteiger partial charge >= 0.3 is 0 Å². The number of carbonyl (C=O) groups is 2. The molecule has 228 valence electrons. The first-order valence-corrected chi connectivity index (χ1v) is 14.1. The van der Waals surface area contributed by atoms with Crippen molar-refractivity contribution in [3.63, 3.8) is 0 Å². The lowest BCUT2D eigenvalue weighted by atomic mass is 9.95. The maximum Gasteiger partial charge on any atom is 0.222 e. The van der Waals surface area contributed by atoms with Crippen molar-refractivity contribution in [2.75, 3.05) is 51.6 Å². The molecule has 0 spiro atoms. The smallest absolute Gasteiger partial charge is 0.222 e. The molecule has 1 atom stereocenters. The largest absolute Gasteiger partial charge is 0.493 e. The lowest BCUT2D eigenvalue weighted by Gasteiger charge is -2.19. The van der Waals surface area contributed by atoms with Crippen LogP contribution in [0.15, 0.2) is 47.5 Å². The van der Waals surface area contributed by atoms with Gasteiger partial charge in [0.2, 0.25) is 28.9 Å². The number of rotatable bonds is 13. The number of aromatic nitrogens is 2. The molecule has 4 N–H and O–H groups in total. The summed E-state index contributed by atoms with van der Waals surface area (Å²) in [7, 11) is 4.68. The number of carbonyl (C=O) groups excluding carboxylic acids is 2. The SMILES string of the molecule is COc1cc2c(c(OC)c1OC)-c1ccc(NCCCC(=O)NCCNc3ncccn3)c(=O)cc1C(NC(C)=O)CC2. The number of hydrogen-bond donors (Lipinski definition) is 4. The standard InChI is InChI=1S/C31H38N6O6/c1-19(38)37-23-10-8-20-17-26(41-2)29(42-3)30(43-4)28(20)21-9-11-24(25(39)18-22(21)23)32-12-5-7-27(40)33-15-16-36-31-34-13-6-14-35-31/h6,9,11,13-14,17-18,23H,5,7-8,10,12,15-16H2,1-4H3,(H,32,39)(H,33,40)(H,37,38)(H,34,35,36). The van der Waals surface area contributed by atoms with E-state index in [9.17, 15) is 14.4 Å². The molecule has 0 fully saturated rings. The predicted molar refractivity (Wildman–Crippen MR) is 164 cm³/mol. The number of amides is 2. The van der Waals surface area contributed by atoms with Crippen LogP contribution in [0.5, 0.6) is 17.2 Å². The van der Waals surface area contributed by atoms with Crippen molar-refractivity contribution in [2.24, 2.45) is 0 Å². The van der Waals surface area contributed by atoms with Crippen molar-refractivity contribution in [1.82, 2.24) is 20.6 Å². The van der Waals surface area contributed by atoms with Gasteiger partial charge in [-0.05, 0) is 60.2 Å². The second-order valence-electron chi connectivity index (χ2n) is 9.98.